The highest BCUT2D eigenvalue weighted by atomic mass is 127. The fraction of sp³-hybridized carbons (Fsp3) is 0.600. The number of nitrogens with zero attached hydrogens (tertiary/aromatic N) is 2. The van der Waals surface area contributed by atoms with Gasteiger partial charge >= 0.3 is 0 Å². The number of hydrogen-bond donors (Lipinski definition) is 2. The maximum absolute atomic E-state index is 5.62. The predicted molar refractivity (Wildman–Crippen MR) is 98.0 cm³/mol. The zero-order valence-corrected chi connectivity index (χ0v) is 15.5. The molecule has 6 nitrogen and oxygen atoms in total. The van der Waals surface area contributed by atoms with Crippen LogP contribution in [0.5, 0.6) is 5.88 Å². The van der Waals surface area contributed by atoms with Crippen LogP contribution >= 0.6 is 24.0 Å². The van der Waals surface area contributed by atoms with Gasteiger partial charge in [0.05, 0.1) is 13.2 Å². The molecule has 1 heterocycles. The van der Waals surface area contributed by atoms with Crippen molar-refractivity contribution in [3.63, 3.8) is 0 Å². The average Bonchev–Trinajstić information content (AvgIpc) is 3.30. The molecule has 1 aliphatic rings. The summed E-state index contributed by atoms with van der Waals surface area (Å²) in [5.41, 5.74) is 0.974. The Labute approximate surface area is 149 Å². The van der Waals surface area contributed by atoms with Crippen LogP contribution in [-0.4, -0.2) is 43.9 Å². The van der Waals surface area contributed by atoms with Crippen molar-refractivity contribution in [2.24, 2.45) is 4.99 Å². The van der Waals surface area contributed by atoms with Crippen LogP contribution in [0.25, 0.3) is 0 Å². The summed E-state index contributed by atoms with van der Waals surface area (Å²) in [5, 5.41) is 6.65. The van der Waals surface area contributed by atoms with E-state index < -0.39 is 0 Å². The number of aromatic nitrogens is 1. The molecule has 1 aliphatic carbocycles. The molecule has 1 saturated carbocycles. The maximum atomic E-state index is 5.62. The molecule has 0 bridgehead atoms. The molecule has 0 saturated heterocycles. The van der Waals surface area contributed by atoms with Gasteiger partial charge in [-0.3, -0.25) is 0 Å². The smallest absolute Gasteiger partial charge is 0.218 e. The number of aliphatic imine (C=N–C) groups is 1. The van der Waals surface area contributed by atoms with E-state index >= 15 is 0 Å². The molecule has 0 atom stereocenters. The predicted octanol–water partition coefficient (Wildman–Crippen LogP) is 1.94. The second-order valence-electron chi connectivity index (χ2n) is 4.92. The summed E-state index contributed by atoms with van der Waals surface area (Å²) < 4.78 is 10.6. The molecule has 0 amide bonds. The van der Waals surface area contributed by atoms with Crippen LogP contribution in [-0.2, 0) is 11.3 Å². The highest BCUT2D eigenvalue weighted by molar-refractivity contribution is 14.0. The SMILES string of the molecule is CCNC(=NCc1cccnc1OCCOC)NC1CC1.I. The number of methoxy groups -OCH3 is 1. The van der Waals surface area contributed by atoms with Crippen molar-refractivity contribution >= 4 is 29.9 Å². The lowest BCUT2D eigenvalue weighted by molar-refractivity contribution is 0.143. The molecule has 1 aromatic rings. The van der Waals surface area contributed by atoms with E-state index in [0.717, 1.165) is 18.1 Å². The van der Waals surface area contributed by atoms with Crippen LogP contribution < -0.4 is 15.4 Å². The highest BCUT2D eigenvalue weighted by Gasteiger charge is 2.22. The zero-order valence-electron chi connectivity index (χ0n) is 13.2. The molecule has 0 aromatic carbocycles. The van der Waals surface area contributed by atoms with Gasteiger partial charge < -0.3 is 20.1 Å². The standard InChI is InChI=1S/C15H24N4O2.HI/c1-3-16-15(19-13-6-7-13)18-11-12-5-4-8-17-14(12)21-10-9-20-2;/h4-5,8,13H,3,6-7,9-11H2,1-2H3,(H2,16,18,19);1H. The number of hydrogen-bond acceptors (Lipinski definition) is 4. The molecule has 0 unspecified atom stereocenters. The van der Waals surface area contributed by atoms with Gasteiger partial charge in [0, 0.05) is 31.5 Å². The van der Waals surface area contributed by atoms with Crippen LogP contribution in [0.1, 0.15) is 25.3 Å². The normalized spacial score (nSPS) is 14.2. The molecule has 22 heavy (non-hydrogen) atoms. The average molecular weight is 420 g/mol. The van der Waals surface area contributed by atoms with Gasteiger partial charge in [0.15, 0.2) is 5.96 Å². The second kappa shape index (κ2) is 10.6. The third-order valence-electron chi connectivity index (χ3n) is 3.05. The van der Waals surface area contributed by atoms with E-state index in [2.05, 4.69) is 27.5 Å². The lowest BCUT2D eigenvalue weighted by Gasteiger charge is -2.11. The van der Waals surface area contributed by atoms with Gasteiger partial charge in [-0.1, -0.05) is 6.07 Å². The first-order valence-electron chi connectivity index (χ1n) is 7.44. The van der Waals surface area contributed by atoms with Gasteiger partial charge in [-0.05, 0) is 25.8 Å². The van der Waals surface area contributed by atoms with Gasteiger partial charge in [-0.15, -0.1) is 24.0 Å². The van der Waals surface area contributed by atoms with E-state index in [1.165, 1.54) is 12.8 Å². The Kier molecular flexibility index (Phi) is 9.14. The largest absolute Gasteiger partial charge is 0.475 e. The Bertz CT molecular complexity index is 467. The van der Waals surface area contributed by atoms with E-state index in [0.29, 0.717) is 31.7 Å². The lowest BCUT2D eigenvalue weighted by atomic mass is 10.3. The van der Waals surface area contributed by atoms with Gasteiger partial charge in [-0.25, -0.2) is 9.98 Å². The number of halogens is 1. The van der Waals surface area contributed by atoms with E-state index in [4.69, 9.17) is 9.47 Å². The Morgan fingerprint density at radius 1 is 1.41 bits per heavy atom. The summed E-state index contributed by atoms with van der Waals surface area (Å²) in [4.78, 5) is 8.86. The minimum atomic E-state index is 0. The first-order valence-corrected chi connectivity index (χ1v) is 7.44. The fourth-order valence-electron chi connectivity index (χ4n) is 1.80. The molecule has 0 spiro atoms. The topological polar surface area (TPSA) is 67.8 Å². The molecule has 1 aromatic heterocycles. The van der Waals surface area contributed by atoms with Crippen LogP contribution in [0.15, 0.2) is 23.3 Å². The monoisotopic (exact) mass is 420 g/mol. The first kappa shape index (κ1) is 19.0. The molecule has 0 aliphatic heterocycles. The quantitative estimate of drug-likeness (QED) is 0.291. The summed E-state index contributed by atoms with van der Waals surface area (Å²) >= 11 is 0. The number of ether oxygens (including phenoxy) is 2. The van der Waals surface area contributed by atoms with Crippen molar-refractivity contribution in [2.45, 2.75) is 32.4 Å². The molecular formula is C15H25IN4O2. The zero-order chi connectivity index (χ0) is 14.9. The van der Waals surface area contributed by atoms with Crippen LogP contribution in [0, 0.1) is 0 Å². The van der Waals surface area contributed by atoms with Crippen molar-refractivity contribution in [1.29, 1.82) is 0 Å². The van der Waals surface area contributed by atoms with Gasteiger partial charge in [0.1, 0.15) is 6.61 Å². The summed E-state index contributed by atoms with van der Waals surface area (Å²) in [5.74, 6) is 1.48. The molecule has 1 fully saturated rings. The van der Waals surface area contributed by atoms with Crippen LogP contribution in [0.4, 0.5) is 0 Å². The minimum absolute atomic E-state index is 0. The first-order chi connectivity index (χ1) is 10.3. The Balaban J connectivity index is 0.00000242. The number of rotatable bonds is 8. The lowest BCUT2D eigenvalue weighted by Crippen LogP contribution is -2.38. The Hall–Kier alpha value is -1.09. The summed E-state index contributed by atoms with van der Waals surface area (Å²) in [6.45, 7) is 4.49. The summed E-state index contributed by atoms with van der Waals surface area (Å²) in [7, 11) is 1.65. The number of guanidine groups is 1. The van der Waals surface area contributed by atoms with E-state index in [1.807, 2.05) is 12.1 Å². The summed E-state index contributed by atoms with van der Waals surface area (Å²) in [6, 6.07) is 4.46. The fourth-order valence-corrected chi connectivity index (χ4v) is 1.80. The molecule has 124 valence electrons. The highest BCUT2D eigenvalue weighted by Crippen LogP contribution is 2.19. The molecule has 0 radical (unpaired) electrons. The van der Waals surface area contributed by atoms with Crippen molar-refractivity contribution in [1.82, 2.24) is 15.6 Å². The Morgan fingerprint density at radius 3 is 2.91 bits per heavy atom. The van der Waals surface area contributed by atoms with E-state index in [9.17, 15) is 0 Å². The van der Waals surface area contributed by atoms with Gasteiger partial charge in [-0.2, -0.15) is 0 Å². The molecule has 7 heteroatoms. The van der Waals surface area contributed by atoms with Gasteiger partial charge in [0.25, 0.3) is 0 Å². The van der Waals surface area contributed by atoms with Crippen LogP contribution in [0.2, 0.25) is 0 Å². The minimum Gasteiger partial charge on any atom is -0.475 e. The maximum Gasteiger partial charge on any atom is 0.218 e. The number of nitrogens with one attached hydrogen (secondary N) is 2. The van der Waals surface area contributed by atoms with Crippen molar-refractivity contribution in [3.05, 3.63) is 23.9 Å². The van der Waals surface area contributed by atoms with E-state index in [-0.39, 0.29) is 24.0 Å². The van der Waals surface area contributed by atoms with E-state index in [1.54, 1.807) is 13.3 Å². The third-order valence-corrected chi connectivity index (χ3v) is 3.05. The molecular weight excluding hydrogens is 395 g/mol. The van der Waals surface area contributed by atoms with Crippen molar-refractivity contribution in [3.8, 4) is 5.88 Å². The van der Waals surface area contributed by atoms with Crippen LogP contribution in [0.3, 0.4) is 0 Å². The van der Waals surface area contributed by atoms with Crippen molar-refractivity contribution < 1.29 is 9.47 Å². The Morgan fingerprint density at radius 2 is 2.23 bits per heavy atom. The second-order valence-corrected chi connectivity index (χ2v) is 4.92. The molecule has 2 N–H and O–H groups in total. The van der Waals surface area contributed by atoms with Gasteiger partial charge in [0.2, 0.25) is 5.88 Å². The third kappa shape index (κ3) is 6.78. The summed E-state index contributed by atoms with van der Waals surface area (Å²) in [6.07, 6.45) is 4.17. The number of pyridine rings is 1. The molecule has 2 rings (SSSR count). The van der Waals surface area contributed by atoms with Crippen molar-refractivity contribution in [2.75, 3.05) is 26.9 Å².